The number of hydrogen-bond donors (Lipinski definition) is 1. The van der Waals surface area contributed by atoms with E-state index in [2.05, 4.69) is 46.9 Å². The topological polar surface area (TPSA) is 12.0 Å². The van der Waals surface area contributed by atoms with Gasteiger partial charge in [0, 0.05) is 6.04 Å². The van der Waals surface area contributed by atoms with Crippen molar-refractivity contribution in [3.05, 3.63) is 0 Å². The summed E-state index contributed by atoms with van der Waals surface area (Å²) in [5.74, 6) is 0.879. The molecule has 0 aromatic rings. The Kier molecular flexibility index (Phi) is 3.30. The Bertz CT molecular complexity index is 192. The fourth-order valence-corrected chi connectivity index (χ4v) is 3.25. The Labute approximate surface area is 89.7 Å². The first-order valence-electron chi connectivity index (χ1n) is 6.09. The van der Waals surface area contributed by atoms with Gasteiger partial charge in [0.25, 0.3) is 0 Å². The zero-order chi connectivity index (χ0) is 11.0. The Balaban J connectivity index is 2.69. The summed E-state index contributed by atoms with van der Waals surface area (Å²) >= 11 is 0. The maximum Gasteiger partial charge on any atom is 0.0127 e. The van der Waals surface area contributed by atoms with Crippen LogP contribution >= 0.6 is 0 Å². The zero-order valence-corrected chi connectivity index (χ0v) is 10.8. The number of hydrogen-bond acceptors (Lipinski definition) is 1. The average molecular weight is 197 g/mol. The molecule has 3 unspecified atom stereocenters. The lowest BCUT2D eigenvalue weighted by Crippen LogP contribution is -2.61. The molecule has 0 aromatic carbocycles. The predicted molar refractivity (Wildman–Crippen MR) is 63.4 cm³/mol. The summed E-state index contributed by atoms with van der Waals surface area (Å²) in [6, 6.07) is 0.752. The van der Waals surface area contributed by atoms with Crippen LogP contribution in [-0.4, -0.2) is 12.6 Å². The minimum atomic E-state index is 0.469. The van der Waals surface area contributed by atoms with E-state index in [0.717, 1.165) is 18.5 Å². The third kappa shape index (κ3) is 1.84. The molecule has 1 aliphatic rings. The van der Waals surface area contributed by atoms with Crippen LogP contribution in [0.3, 0.4) is 0 Å². The van der Waals surface area contributed by atoms with Gasteiger partial charge in [-0.3, -0.25) is 0 Å². The van der Waals surface area contributed by atoms with E-state index in [1.807, 2.05) is 0 Å². The fourth-order valence-electron chi connectivity index (χ4n) is 3.25. The second-order valence-corrected chi connectivity index (χ2v) is 6.12. The lowest BCUT2D eigenvalue weighted by molar-refractivity contribution is -0.0720. The van der Waals surface area contributed by atoms with Crippen LogP contribution in [0, 0.1) is 16.7 Å². The van der Waals surface area contributed by atoms with Crippen LogP contribution in [0.4, 0.5) is 0 Å². The molecule has 0 aliphatic heterocycles. The van der Waals surface area contributed by atoms with Crippen molar-refractivity contribution >= 4 is 0 Å². The van der Waals surface area contributed by atoms with Gasteiger partial charge in [-0.1, -0.05) is 41.5 Å². The van der Waals surface area contributed by atoms with Crippen molar-refractivity contribution in [2.45, 2.75) is 60.4 Å². The molecule has 3 atom stereocenters. The predicted octanol–water partition coefficient (Wildman–Crippen LogP) is 3.45. The Morgan fingerprint density at radius 3 is 2.21 bits per heavy atom. The van der Waals surface area contributed by atoms with Crippen LogP contribution in [0.25, 0.3) is 0 Å². The van der Waals surface area contributed by atoms with Gasteiger partial charge in [0.2, 0.25) is 0 Å². The summed E-state index contributed by atoms with van der Waals surface area (Å²) in [6.45, 7) is 15.3. The molecular weight excluding hydrogens is 170 g/mol. The highest BCUT2D eigenvalue weighted by Gasteiger charge is 2.53. The van der Waals surface area contributed by atoms with Gasteiger partial charge >= 0.3 is 0 Å². The standard InChI is InChI=1S/C13H27N/c1-7-13(6)10(12(3,4)5)9-11(13)14-8-2/h10-11,14H,7-9H2,1-6H3. The largest absolute Gasteiger partial charge is 0.314 e. The minimum absolute atomic E-state index is 0.469. The molecule has 0 heterocycles. The van der Waals surface area contributed by atoms with Gasteiger partial charge in [0.1, 0.15) is 0 Å². The molecule has 1 fully saturated rings. The highest BCUT2D eigenvalue weighted by Crippen LogP contribution is 2.56. The minimum Gasteiger partial charge on any atom is -0.314 e. The van der Waals surface area contributed by atoms with E-state index in [1.54, 1.807) is 0 Å². The maximum absolute atomic E-state index is 3.63. The summed E-state index contributed by atoms with van der Waals surface area (Å²) < 4.78 is 0. The van der Waals surface area contributed by atoms with E-state index in [4.69, 9.17) is 0 Å². The highest BCUT2D eigenvalue weighted by atomic mass is 15.0. The third-order valence-electron chi connectivity index (χ3n) is 4.32. The van der Waals surface area contributed by atoms with E-state index in [1.165, 1.54) is 12.8 Å². The molecule has 0 spiro atoms. The van der Waals surface area contributed by atoms with Gasteiger partial charge in [-0.05, 0) is 36.1 Å². The van der Waals surface area contributed by atoms with E-state index in [9.17, 15) is 0 Å². The van der Waals surface area contributed by atoms with Gasteiger partial charge in [0.15, 0.2) is 0 Å². The summed E-state index contributed by atoms with van der Waals surface area (Å²) in [6.07, 6.45) is 2.66. The Morgan fingerprint density at radius 1 is 1.29 bits per heavy atom. The second-order valence-electron chi connectivity index (χ2n) is 6.12. The smallest absolute Gasteiger partial charge is 0.0127 e. The molecule has 84 valence electrons. The molecule has 0 bridgehead atoms. The Morgan fingerprint density at radius 2 is 1.86 bits per heavy atom. The van der Waals surface area contributed by atoms with Crippen LogP contribution in [-0.2, 0) is 0 Å². The van der Waals surface area contributed by atoms with E-state index >= 15 is 0 Å². The van der Waals surface area contributed by atoms with Crippen LogP contribution in [0.1, 0.15) is 54.4 Å². The van der Waals surface area contributed by atoms with Crippen LogP contribution < -0.4 is 5.32 Å². The van der Waals surface area contributed by atoms with Crippen LogP contribution in [0.5, 0.6) is 0 Å². The zero-order valence-electron chi connectivity index (χ0n) is 10.8. The summed E-state index contributed by atoms with van der Waals surface area (Å²) in [4.78, 5) is 0. The van der Waals surface area contributed by atoms with Crippen LogP contribution in [0.2, 0.25) is 0 Å². The molecule has 1 nitrogen and oxygen atoms in total. The molecule has 0 saturated heterocycles. The molecular formula is C13H27N. The van der Waals surface area contributed by atoms with Gasteiger partial charge in [-0.25, -0.2) is 0 Å². The fraction of sp³-hybridized carbons (Fsp3) is 1.00. The molecule has 0 amide bonds. The monoisotopic (exact) mass is 197 g/mol. The van der Waals surface area contributed by atoms with Gasteiger partial charge in [0.05, 0.1) is 0 Å². The van der Waals surface area contributed by atoms with Crippen molar-refractivity contribution in [2.24, 2.45) is 16.7 Å². The SMILES string of the molecule is CCNC1CC(C(C)(C)C)C1(C)CC. The van der Waals surface area contributed by atoms with Gasteiger partial charge < -0.3 is 5.32 Å². The van der Waals surface area contributed by atoms with E-state index < -0.39 is 0 Å². The molecule has 14 heavy (non-hydrogen) atoms. The van der Waals surface area contributed by atoms with Gasteiger partial charge in [-0.2, -0.15) is 0 Å². The summed E-state index contributed by atoms with van der Waals surface area (Å²) in [5.41, 5.74) is 0.991. The molecule has 1 heteroatoms. The first-order chi connectivity index (χ1) is 6.36. The maximum atomic E-state index is 3.63. The summed E-state index contributed by atoms with van der Waals surface area (Å²) in [7, 11) is 0. The van der Waals surface area contributed by atoms with Crippen molar-refractivity contribution in [1.82, 2.24) is 5.32 Å². The molecule has 0 aromatic heterocycles. The molecule has 1 saturated carbocycles. The first kappa shape index (κ1) is 12.0. The lowest BCUT2D eigenvalue weighted by atomic mass is 9.49. The summed E-state index contributed by atoms with van der Waals surface area (Å²) in [5, 5.41) is 3.63. The van der Waals surface area contributed by atoms with Crippen molar-refractivity contribution in [3.8, 4) is 0 Å². The molecule has 1 aliphatic carbocycles. The van der Waals surface area contributed by atoms with Crippen LogP contribution in [0.15, 0.2) is 0 Å². The van der Waals surface area contributed by atoms with Gasteiger partial charge in [-0.15, -0.1) is 0 Å². The van der Waals surface area contributed by atoms with Crippen molar-refractivity contribution in [3.63, 3.8) is 0 Å². The first-order valence-corrected chi connectivity index (χ1v) is 6.09. The number of rotatable bonds is 3. The third-order valence-corrected chi connectivity index (χ3v) is 4.32. The van der Waals surface area contributed by atoms with Crippen molar-refractivity contribution < 1.29 is 0 Å². The van der Waals surface area contributed by atoms with E-state index in [-0.39, 0.29) is 0 Å². The molecule has 0 radical (unpaired) electrons. The quantitative estimate of drug-likeness (QED) is 0.731. The van der Waals surface area contributed by atoms with Crippen molar-refractivity contribution in [1.29, 1.82) is 0 Å². The molecule has 1 N–H and O–H groups in total. The number of nitrogens with one attached hydrogen (secondary N) is 1. The normalized spacial score (nSPS) is 38.1. The average Bonchev–Trinajstić information content (AvgIpc) is 2.08. The lowest BCUT2D eigenvalue weighted by Gasteiger charge is -2.59. The van der Waals surface area contributed by atoms with E-state index in [0.29, 0.717) is 10.8 Å². The van der Waals surface area contributed by atoms with Crippen molar-refractivity contribution in [2.75, 3.05) is 6.54 Å². The second kappa shape index (κ2) is 3.84. The Hall–Kier alpha value is -0.0400. The highest BCUT2D eigenvalue weighted by molar-refractivity contribution is 5.06. The molecule has 1 rings (SSSR count).